The van der Waals surface area contributed by atoms with Gasteiger partial charge in [-0.25, -0.2) is 4.79 Å². The van der Waals surface area contributed by atoms with Crippen LogP contribution < -0.4 is 11.1 Å². The lowest BCUT2D eigenvalue weighted by molar-refractivity contribution is -0.192. The highest BCUT2D eigenvalue weighted by molar-refractivity contribution is 6.74. The molecular weight excluding hydrogens is 540 g/mol. The maximum atomic E-state index is 11.5. The number of halogens is 1. The van der Waals surface area contributed by atoms with Gasteiger partial charge in [0.05, 0.1) is 20.3 Å². The molecule has 0 aromatic heterocycles. The Balaban J connectivity index is 0.000000305. The molecule has 4 saturated heterocycles. The molecule has 4 heterocycles. The predicted molar refractivity (Wildman–Crippen MR) is 142 cm³/mol. The second-order valence-electron chi connectivity index (χ2n) is 12.3. The van der Waals surface area contributed by atoms with Crippen molar-refractivity contribution in [1.82, 2.24) is 5.32 Å². The molecule has 224 valence electrons. The molecule has 4 fully saturated rings. The maximum Gasteiger partial charge on any atom is 0.408 e. The van der Waals surface area contributed by atoms with E-state index in [9.17, 15) is 4.79 Å². The van der Waals surface area contributed by atoms with Crippen LogP contribution in [0.5, 0.6) is 0 Å². The molecule has 0 aliphatic carbocycles. The van der Waals surface area contributed by atoms with Gasteiger partial charge < -0.3 is 48.4 Å². The molecule has 38 heavy (non-hydrogen) atoms. The number of aliphatic hydroxyl groups excluding tert-OH is 1. The summed E-state index contributed by atoms with van der Waals surface area (Å²) in [5.41, 5.74) is 5.67. The third-order valence-electron chi connectivity index (χ3n) is 7.38. The van der Waals surface area contributed by atoms with E-state index in [1.807, 2.05) is 27.7 Å². The van der Waals surface area contributed by atoms with Crippen LogP contribution in [0.4, 0.5) is 4.79 Å². The summed E-state index contributed by atoms with van der Waals surface area (Å²) in [6, 6.07) is 0. The van der Waals surface area contributed by atoms with Crippen molar-refractivity contribution in [2.24, 2.45) is 5.73 Å². The van der Waals surface area contributed by atoms with E-state index < -0.39 is 38.4 Å². The number of methoxy groups -OCH3 is 1. The van der Waals surface area contributed by atoms with Crippen LogP contribution in [0, 0.1) is 0 Å². The largest absolute Gasteiger partial charge is 0.453 e. The number of aliphatic hydroxyl groups is 1. The van der Waals surface area contributed by atoms with Crippen molar-refractivity contribution in [3.05, 3.63) is 0 Å². The van der Waals surface area contributed by atoms with E-state index in [0.29, 0.717) is 6.61 Å². The Bertz CT molecular complexity index is 812. The number of fused-ring (bicyclic) bond motifs is 2. The summed E-state index contributed by atoms with van der Waals surface area (Å²) in [6.07, 6.45) is -3.49. The number of nitrogens with one attached hydrogen (secondary N) is 1. The van der Waals surface area contributed by atoms with Crippen LogP contribution in [0.25, 0.3) is 0 Å². The van der Waals surface area contributed by atoms with Gasteiger partial charge in [0.25, 0.3) is 0 Å². The minimum atomic E-state index is -1.90. The molecule has 4 N–H and O–H groups in total. The van der Waals surface area contributed by atoms with Gasteiger partial charge >= 0.3 is 6.09 Å². The van der Waals surface area contributed by atoms with Crippen LogP contribution in [0.15, 0.2) is 0 Å². The third kappa shape index (κ3) is 7.58. The highest BCUT2D eigenvalue weighted by Crippen LogP contribution is 2.41. The summed E-state index contributed by atoms with van der Waals surface area (Å²) in [6.45, 7) is 18.6. The molecule has 4 aliphatic rings. The molecule has 0 unspecified atom stereocenters. The second-order valence-corrected chi connectivity index (χ2v) is 17.1. The first-order chi connectivity index (χ1) is 16.9. The quantitative estimate of drug-likeness (QED) is 0.407. The number of alkyl carbamates (subject to hydrolysis) is 1. The number of rotatable bonds is 5. The fourth-order valence-electron chi connectivity index (χ4n) is 4.48. The summed E-state index contributed by atoms with van der Waals surface area (Å²) in [4.78, 5) is 11.5. The zero-order valence-electron chi connectivity index (χ0n) is 24.1. The number of nitrogens with two attached hydrogens (primary N) is 1. The highest BCUT2D eigenvalue weighted by atomic mass is 35.5. The Hall–Kier alpha value is -0.583. The van der Waals surface area contributed by atoms with Crippen LogP contribution in [-0.4, -0.2) is 100 Å². The van der Waals surface area contributed by atoms with E-state index in [-0.39, 0.29) is 60.7 Å². The first-order valence-electron chi connectivity index (χ1n) is 12.8. The summed E-state index contributed by atoms with van der Waals surface area (Å²) >= 11 is 0. The standard InChI is InChI=1S/C16H31NO6Si.C8H15NO4.ClH/c1-15(2,3)24(7,8)20-9-10-11-12(23-16(4,5)22-11)13(21-10)17-14(18)19-6;1-8(2)12-5-4(3-10)11-7(9)6(5)13-8;/h10-13H,9H2,1-8H3,(H,17,18);4-7,10H,3,9H2,1-2H3;1H/t10-,11-,12-,13-;4-,5-,6-,7-;/m11./s1. The zero-order chi connectivity index (χ0) is 28.0. The fraction of sp³-hybridized carbons (Fsp3) is 0.958. The predicted octanol–water partition coefficient (Wildman–Crippen LogP) is 2.21. The highest BCUT2D eigenvalue weighted by Gasteiger charge is 2.56. The van der Waals surface area contributed by atoms with Gasteiger partial charge in [-0.1, -0.05) is 20.8 Å². The van der Waals surface area contributed by atoms with E-state index in [1.165, 1.54) is 7.11 Å². The number of ether oxygens (including phenoxy) is 7. The number of hydrogen-bond donors (Lipinski definition) is 3. The first-order valence-corrected chi connectivity index (χ1v) is 15.7. The van der Waals surface area contributed by atoms with Crippen LogP contribution >= 0.6 is 12.4 Å². The van der Waals surface area contributed by atoms with Crippen molar-refractivity contribution in [3.63, 3.8) is 0 Å². The van der Waals surface area contributed by atoms with Gasteiger partial charge in [0, 0.05) is 0 Å². The van der Waals surface area contributed by atoms with Crippen molar-refractivity contribution in [2.45, 2.75) is 127 Å². The monoisotopic (exact) mass is 586 g/mol. The van der Waals surface area contributed by atoms with Crippen molar-refractivity contribution in [1.29, 1.82) is 0 Å². The number of amides is 1. The molecule has 4 aliphatic heterocycles. The smallest absolute Gasteiger partial charge is 0.408 e. The van der Waals surface area contributed by atoms with Crippen LogP contribution in [0.3, 0.4) is 0 Å². The fourth-order valence-corrected chi connectivity index (χ4v) is 5.49. The molecule has 8 atom stereocenters. The average Bonchev–Trinajstić information content (AvgIpc) is 3.44. The summed E-state index contributed by atoms with van der Waals surface area (Å²) in [5, 5.41) is 11.8. The SMILES string of the molecule is CC1(C)O[C@@H]2[C@H](O1)[C@@H](CO)O[C@H]2N.COC(=O)N[C@@H]1O[C@H](CO[Si](C)(C)C(C)(C)C)[C@H]2OC(C)(C)O[C@H]21.Cl. The van der Waals surface area contributed by atoms with Gasteiger partial charge in [0.15, 0.2) is 26.1 Å². The lowest BCUT2D eigenvalue weighted by atomic mass is 10.1. The molecular formula is C24H47ClN2O10Si. The summed E-state index contributed by atoms with van der Waals surface area (Å²) in [7, 11) is -0.586. The molecule has 0 aromatic rings. The topological polar surface area (TPSA) is 149 Å². The van der Waals surface area contributed by atoms with Crippen molar-refractivity contribution < 1.29 is 47.5 Å². The number of carbonyl (C=O) groups excluding carboxylic acids is 1. The molecule has 14 heteroatoms. The molecule has 0 radical (unpaired) electrons. The minimum absolute atomic E-state index is 0. The first kappa shape index (κ1) is 33.6. The Kier molecular flexibility index (Phi) is 10.7. The Labute approximate surface area is 233 Å². The van der Waals surface area contributed by atoms with Gasteiger partial charge in [-0.3, -0.25) is 5.32 Å². The van der Waals surface area contributed by atoms with Gasteiger partial charge in [0.2, 0.25) is 0 Å². The lowest BCUT2D eigenvalue weighted by Crippen LogP contribution is -2.44. The van der Waals surface area contributed by atoms with Crippen LogP contribution in [-0.2, 0) is 37.6 Å². The lowest BCUT2D eigenvalue weighted by Gasteiger charge is -2.37. The van der Waals surface area contributed by atoms with Gasteiger partial charge in [-0.2, -0.15) is 0 Å². The summed E-state index contributed by atoms with van der Waals surface area (Å²) in [5.74, 6) is -1.34. The van der Waals surface area contributed by atoms with Crippen molar-refractivity contribution in [3.8, 4) is 0 Å². The Morgan fingerprint density at radius 3 is 1.95 bits per heavy atom. The molecule has 12 nitrogen and oxygen atoms in total. The third-order valence-corrected chi connectivity index (χ3v) is 11.9. The normalized spacial score (nSPS) is 36.9. The van der Waals surface area contributed by atoms with Gasteiger partial charge in [0.1, 0.15) is 42.9 Å². The molecule has 1 amide bonds. The van der Waals surface area contributed by atoms with Gasteiger partial charge in [-0.15, -0.1) is 12.4 Å². The number of carbonyl (C=O) groups is 1. The van der Waals surface area contributed by atoms with E-state index >= 15 is 0 Å². The molecule has 4 rings (SSSR count). The molecule has 0 saturated carbocycles. The van der Waals surface area contributed by atoms with Gasteiger partial charge in [-0.05, 0) is 45.8 Å². The average molecular weight is 587 g/mol. The molecule has 0 aromatic carbocycles. The molecule has 0 spiro atoms. The minimum Gasteiger partial charge on any atom is -0.453 e. The second kappa shape index (κ2) is 12.1. The number of hydrogen-bond acceptors (Lipinski definition) is 11. The van der Waals surface area contributed by atoms with E-state index in [2.05, 4.69) is 43.9 Å². The Morgan fingerprint density at radius 1 is 0.947 bits per heavy atom. The van der Waals surface area contributed by atoms with Crippen LogP contribution in [0.1, 0.15) is 48.5 Å². The molecule has 0 bridgehead atoms. The zero-order valence-corrected chi connectivity index (χ0v) is 26.0. The van der Waals surface area contributed by atoms with Crippen molar-refractivity contribution >= 4 is 26.8 Å². The van der Waals surface area contributed by atoms with E-state index in [1.54, 1.807) is 0 Å². The Morgan fingerprint density at radius 2 is 1.45 bits per heavy atom. The maximum absolute atomic E-state index is 11.5. The van der Waals surface area contributed by atoms with Crippen LogP contribution in [0.2, 0.25) is 18.1 Å². The summed E-state index contributed by atoms with van der Waals surface area (Å²) < 4.78 is 45.1. The van der Waals surface area contributed by atoms with E-state index in [4.69, 9.17) is 43.7 Å². The van der Waals surface area contributed by atoms with E-state index in [0.717, 1.165) is 0 Å². The van der Waals surface area contributed by atoms with Crippen molar-refractivity contribution in [2.75, 3.05) is 20.3 Å².